The summed E-state index contributed by atoms with van der Waals surface area (Å²) >= 11 is 0. The molecule has 140 valence electrons. The van der Waals surface area contributed by atoms with Gasteiger partial charge in [-0.25, -0.2) is 4.79 Å². The first-order valence-corrected chi connectivity index (χ1v) is 9.52. The molecule has 2 fully saturated rings. The summed E-state index contributed by atoms with van der Waals surface area (Å²) in [6.07, 6.45) is 4.34. The van der Waals surface area contributed by atoms with Crippen LogP contribution in [0.3, 0.4) is 0 Å². The third-order valence-corrected chi connectivity index (χ3v) is 5.23. The van der Waals surface area contributed by atoms with Crippen molar-refractivity contribution < 1.29 is 13.9 Å². The number of para-hydroxylation sites is 2. The molecule has 7 heteroatoms. The molecule has 0 saturated carbocycles. The summed E-state index contributed by atoms with van der Waals surface area (Å²) in [5.41, 5.74) is 1.73. The number of nitrogens with one attached hydrogen (secondary N) is 2. The topological polar surface area (TPSA) is 79.6 Å². The molecule has 26 heavy (non-hydrogen) atoms. The number of hydrogen-bond donors (Lipinski definition) is 2. The van der Waals surface area contributed by atoms with Crippen molar-refractivity contribution in [3.63, 3.8) is 0 Å². The highest BCUT2D eigenvalue weighted by atomic mass is 16.5. The van der Waals surface area contributed by atoms with Gasteiger partial charge in [0.05, 0.1) is 6.10 Å². The van der Waals surface area contributed by atoms with Gasteiger partial charge in [0.2, 0.25) is 0 Å². The van der Waals surface area contributed by atoms with Gasteiger partial charge >= 0.3 is 6.03 Å². The van der Waals surface area contributed by atoms with Crippen molar-refractivity contribution >= 4 is 23.1 Å². The number of carbonyl (C=O) groups is 1. The van der Waals surface area contributed by atoms with Crippen LogP contribution in [0.2, 0.25) is 0 Å². The number of aromatic nitrogens is 1. The number of urea groups is 1. The first-order valence-electron chi connectivity index (χ1n) is 9.52. The summed E-state index contributed by atoms with van der Waals surface area (Å²) in [5.74, 6) is 0.490. The predicted molar refractivity (Wildman–Crippen MR) is 99.3 cm³/mol. The van der Waals surface area contributed by atoms with Crippen LogP contribution in [0.15, 0.2) is 28.7 Å². The Morgan fingerprint density at radius 1 is 1.15 bits per heavy atom. The molecule has 2 amide bonds. The Hall–Kier alpha value is -2.28. The minimum absolute atomic E-state index is 0.0955. The number of ether oxygens (including phenoxy) is 1. The van der Waals surface area contributed by atoms with Crippen LogP contribution < -0.4 is 15.5 Å². The monoisotopic (exact) mass is 358 g/mol. The molecule has 2 aliphatic rings. The standard InChI is InChI=1S/C19H26N4O3/c24-18(21-13-15-4-3-11-25-15)20-12-14-7-9-23(10-8-14)19-22-16-5-1-2-6-17(16)26-19/h1-2,5-6,14-15H,3-4,7-13H2,(H2,20,21,24). The average Bonchev–Trinajstić information content (AvgIpc) is 3.34. The lowest BCUT2D eigenvalue weighted by Gasteiger charge is -2.30. The molecule has 2 aromatic rings. The average molecular weight is 358 g/mol. The van der Waals surface area contributed by atoms with E-state index in [1.807, 2.05) is 24.3 Å². The molecule has 2 aliphatic heterocycles. The van der Waals surface area contributed by atoms with Crippen molar-refractivity contribution in [2.75, 3.05) is 37.7 Å². The molecule has 7 nitrogen and oxygen atoms in total. The van der Waals surface area contributed by atoms with E-state index in [-0.39, 0.29) is 12.1 Å². The lowest BCUT2D eigenvalue weighted by atomic mass is 9.97. The minimum atomic E-state index is -0.0955. The van der Waals surface area contributed by atoms with Crippen LogP contribution in [-0.2, 0) is 4.74 Å². The number of carbonyl (C=O) groups excluding carboxylic acids is 1. The smallest absolute Gasteiger partial charge is 0.314 e. The van der Waals surface area contributed by atoms with Crippen LogP contribution in [0.1, 0.15) is 25.7 Å². The Bertz CT molecular complexity index is 700. The van der Waals surface area contributed by atoms with E-state index >= 15 is 0 Å². The van der Waals surface area contributed by atoms with Gasteiger partial charge in [-0.15, -0.1) is 0 Å². The van der Waals surface area contributed by atoms with E-state index in [2.05, 4.69) is 20.5 Å². The molecule has 1 unspecified atom stereocenters. The highest BCUT2D eigenvalue weighted by Gasteiger charge is 2.23. The van der Waals surface area contributed by atoms with Crippen LogP contribution in [0.4, 0.5) is 10.8 Å². The molecular weight excluding hydrogens is 332 g/mol. The Labute approximate surface area is 153 Å². The summed E-state index contributed by atoms with van der Waals surface area (Å²) in [6.45, 7) is 3.92. The molecule has 1 atom stereocenters. The zero-order valence-electron chi connectivity index (χ0n) is 14.9. The maximum absolute atomic E-state index is 11.9. The highest BCUT2D eigenvalue weighted by molar-refractivity contribution is 5.74. The quantitative estimate of drug-likeness (QED) is 0.859. The fourth-order valence-corrected chi connectivity index (χ4v) is 3.64. The first-order chi connectivity index (χ1) is 12.8. The number of amides is 2. The van der Waals surface area contributed by atoms with Crippen molar-refractivity contribution in [3.05, 3.63) is 24.3 Å². The maximum Gasteiger partial charge on any atom is 0.314 e. The van der Waals surface area contributed by atoms with Gasteiger partial charge in [0, 0.05) is 32.8 Å². The Balaban J connectivity index is 1.19. The largest absolute Gasteiger partial charge is 0.423 e. The van der Waals surface area contributed by atoms with Crippen LogP contribution in [0.5, 0.6) is 0 Å². The third kappa shape index (κ3) is 4.09. The van der Waals surface area contributed by atoms with Gasteiger partial charge in [-0.05, 0) is 43.7 Å². The third-order valence-electron chi connectivity index (χ3n) is 5.23. The van der Waals surface area contributed by atoms with Crippen LogP contribution in [0, 0.1) is 5.92 Å². The first kappa shape index (κ1) is 17.1. The van der Waals surface area contributed by atoms with Crippen molar-refractivity contribution in [1.29, 1.82) is 0 Å². The minimum Gasteiger partial charge on any atom is -0.423 e. The summed E-state index contributed by atoms with van der Waals surface area (Å²) in [5, 5.41) is 5.89. The van der Waals surface area contributed by atoms with Crippen molar-refractivity contribution in [2.45, 2.75) is 31.8 Å². The molecule has 0 radical (unpaired) electrons. The maximum atomic E-state index is 11.9. The summed E-state index contributed by atoms with van der Waals surface area (Å²) in [7, 11) is 0. The van der Waals surface area contributed by atoms with Crippen LogP contribution >= 0.6 is 0 Å². The number of benzene rings is 1. The number of nitrogens with zero attached hydrogens (tertiary/aromatic N) is 2. The zero-order chi connectivity index (χ0) is 17.8. The van der Waals surface area contributed by atoms with Gasteiger partial charge in [-0.3, -0.25) is 0 Å². The van der Waals surface area contributed by atoms with Crippen LogP contribution in [-0.4, -0.2) is 49.9 Å². The number of anilines is 1. The molecule has 0 bridgehead atoms. The van der Waals surface area contributed by atoms with E-state index in [0.717, 1.165) is 56.5 Å². The SMILES string of the molecule is O=C(NCC1CCN(c2nc3ccccc3o2)CC1)NCC1CCCO1. The van der Waals surface area contributed by atoms with E-state index in [1.165, 1.54) is 0 Å². The number of oxazole rings is 1. The van der Waals surface area contributed by atoms with Gasteiger partial charge in [0.15, 0.2) is 5.58 Å². The van der Waals surface area contributed by atoms with Crippen LogP contribution in [0.25, 0.3) is 11.1 Å². The van der Waals surface area contributed by atoms with Crippen molar-refractivity contribution in [3.8, 4) is 0 Å². The number of rotatable bonds is 5. The molecule has 0 aliphatic carbocycles. The predicted octanol–water partition coefficient (Wildman–Crippen LogP) is 2.52. The van der Waals surface area contributed by atoms with E-state index in [9.17, 15) is 4.79 Å². The second-order valence-electron chi connectivity index (χ2n) is 7.12. The van der Waals surface area contributed by atoms with Gasteiger partial charge in [0.1, 0.15) is 5.52 Å². The van der Waals surface area contributed by atoms with Gasteiger partial charge in [-0.2, -0.15) is 4.98 Å². The normalized spacial score (nSPS) is 21.2. The number of fused-ring (bicyclic) bond motifs is 1. The molecule has 1 aromatic heterocycles. The summed E-state index contributed by atoms with van der Waals surface area (Å²) in [6, 6.07) is 8.44. The molecule has 3 heterocycles. The second-order valence-corrected chi connectivity index (χ2v) is 7.12. The number of hydrogen-bond acceptors (Lipinski definition) is 5. The summed E-state index contributed by atoms with van der Waals surface area (Å²) in [4.78, 5) is 18.7. The fourth-order valence-electron chi connectivity index (χ4n) is 3.64. The van der Waals surface area contributed by atoms with E-state index < -0.39 is 0 Å². The van der Waals surface area contributed by atoms with E-state index in [4.69, 9.17) is 9.15 Å². The lowest BCUT2D eigenvalue weighted by molar-refractivity contribution is 0.111. The van der Waals surface area contributed by atoms with Gasteiger partial charge < -0.3 is 24.7 Å². The Kier molecular flexibility index (Phi) is 5.24. The van der Waals surface area contributed by atoms with Crippen molar-refractivity contribution in [2.24, 2.45) is 5.92 Å². The highest BCUT2D eigenvalue weighted by Crippen LogP contribution is 2.26. The fraction of sp³-hybridized carbons (Fsp3) is 0.579. The Morgan fingerprint density at radius 3 is 2.73 bits per heavy atom. The molecule has 0 spiro atoms. The van der Waals surface area contributed by atoms with Gasteiger partial charge in [0.25, 0.3) is 6.01 Å². The Morgan fingerprint density at radius 2 is 1.96 bits per heavy atom. The van der Waals surface area contributed by atoms with E-state index in [1.54, 1.807) is 0 Å². The molecule has 2 saturated heterocycles. The molecule has 1 aromatic carbocycles. The zero-order valence-corrected chi connectivity index (χ0v) is 14.9. The molecule has 2 N–H and O–H groups in total. The molecular formula is C19H26N4O3. The van der Waals surface area contributed by atoms with E-state index in [0.29, 0.717) is 25.0 Å². The van der Waals surface area contributed by atoms with Gasteiger partial charge in [-0.1, -0.05) is 12.1 Å². The summed E-state index contributed by atoms with van der Waals surface area (Å²) < 4.78 is 11.4. The lowest BCUT2D eigenvalue weighted by Crippen LogP contribution is -2.43. The van der Waals surface area contributed by atoms with Crippen molar-refractivity contribution in [1.82, 2.24) is 15.6 Å². The second kappa shape index (κ2) is 7.95. The molecule has 4 rings (SSSR count). The number of piperidine rings is 1.